The van der Waals surface area contributed by atoms with Gasteiger partial charge in [-0.05, 0) is 51.0 Å². The first kappa shape index (κ1) is 62.6. The second-order valence-corrected chi connectivity index (χ2v) is 19.0. The first-order valence-corrected chi connectivity index (χ1v) is 28.0. The number of aliphatic hydroxyl groups excluding tert-OH is 2. The molecule has 378 valence electrons. The second kappa shape index (κ2) is 52.5. The predicted molar refractivity (Wildman–Crippen MR) is 282 cm³/mol. The van der Waals surface area contributed by atoms with E-state index in [-0.39, 0.29) is 24.9 Å². The molecule has 0 aliphatic carbocycles. The van der Waals surface area contributed by atoms with Crippen LogP contribution in [0.2, 0.25) is 0 Å². The quantitative estimate of drug-likeness (QED) is 0.0321. The molecule has 0 spiro atoms. The third-order valence-corrected chi connectivity index (χ3v) is 12.6. The lowest BCUT2D eigenvalue weighted by atomic mass is 10.0. The van der Waals surface area contributed by atoms with Crippen LogP contribution in [0, 0.1) is 0 Å². The van der Waals surface area contributed by atoms with E-state index in [1.54, 1.807) is 0 Å². The smallest absolute Gasteiger partial charge is 0.306 e. The van der Waals surface area contributed by atoms with Gasteiger partial charge in [0.15, 0.2) is 0 Å². The number of unbranched alkanes of at least 4 members (excludes halogenated alkanes) is 30. The first-order chi connectivity index (χ1) is 32.0. The van der Waals surface area contributed by atoms with Crippen molar-refractivity contribution in [2.24, 2.45) is 0 Å². The standard InChI is InChI=1S/C59H107NO5/c1-4-7-10-13-16-19-22-25-28-30-33-36-39-42-45-48-51-57(62)56(54-61)60-58(63)53-55(50-47-44-41-38-35-32-27-24-21-18-15-12-9-6-3)65-59(64)52-49-46-43-40-37-34-31-29-26-23-20-17-14-11-8-5-2/h9,12,18,21,27,32,38,41,47,50,55-57,61-62H,4-8,10-11,13-17,19-20,22-26,28-31,33-37,39-40,42-46,48-49,51-54H2,1-3H3,(H,60,63)/b12-9+,21-18+,32-27+,41-38+,50-47+. The van der Waals surface area contributed by atoms with E-state index in [1.165, 1.54) is 167 Å². The molecule has 0 bridgehead atoms. The molecule has 0 aromatic heterocycles. The highest BCUT2D eigenvalue weighted by molar-refractivity contribution is 5.78. The highest BCUT2D eigenvalue weighted by Gasteiger charge is 2.23. The van der Waals surface area contributed by atoms with Crippen molar-refractivity contribution in [2.75, 3.05) is 6.61 Å². The van der Waals surface area contributed by atoms with Crippen molar-refractivity contribution in [1.29, 1.82) is 0 Å². The van der Waals surface area contributed by atoms with Crippen LogP contribution in [0.3, 0.4) is 0 Å². The molecule has 6 heteroatoms. The minimum atomic E-state index is -0.819. The fourth-order valence-corrected chi connectivity index (χ4v) is 8.39. The lowest BCUT2D eigenvalue weighted by Gasteiger charge is -2.23. The number of carbonyl (C=O) groups is 2. The number of carbonyl (C=O) groups excluding carboxylic acids is 2. The topological polar surface area (TPSA) is 95.9 Å². The third-order valence-electron chi connectivity index (χ3n) is 12.6. The van der Waals surface area contributed by atoms with E-state index in [9.17, 15) is 19.8 Å². The number of allylic oxidation sites excluding steroid dienone is 9. The Morgan fingerprint density at radius 1 is 0.462 bits per heavy atom. The van der Waals surface area contributed by atoms with E-state index in [4.69, 9.17) is 4.74 Å². The lowest BCUT2D eigenvalue weighted by molar-refractivity contribution is -0.148. The van der Waals surface area contributed by atoms with Gasteiger partial charge < -0.3 is 20.3 Å². The number of amides is 1. The number of hydrogen-bond acceptors (Lipinski definition) is 5. The fourth-order valence-electron chi connectivity index (χ4n) is 8.39. The molecular formula is C59H107NO5. The number of rotatable bonds is 50. The molecule has 0 aliphatic rings. The second-order valence-electron chi connectivity index (χ2n) is 19.0. The maximum atomic E-state index is 13.2. The van der Waals surface area contributed by atoms with Crippen molar-refractivity contribution < 1.29 is 24.5 Å². The SMILES string of the molecule is CC/C=C/C/C=C/C/C=C/C/C=C/C/C=C/C(CC(=O)NC(CO)C(O)CCCCCCCCCCCCCCCCCC)OC(=O)CCCCCCCCCCCCCCCCCC. The Morgan fingerprint density at radius 3 is 1.17 bits per heavy atom. The van der Waals surface area contributed by atoms with E-state index in [0.717, 1.165) is 64.2 Å². The van der Waals surface area contributed by atoms with E-state index in [2.05, 4.69) is 74.7 Å². The molecule has 3 atom stereocenters. The molecule has 6 nitrogen and oxygen atoms in total. The Morgan fingerprint density at radius 2 is 0.800 bits per heavy atom. The summed E-state index contributed by atoms with van der Waals surface area (Å²) in [6.07, 6.45) is 66.0. The minimum Gasteiger partial charge on any atom is -0.458 e. The van der Waals surface area contributed by atoms with Crippen LogP contribution in [-0.4, -0.2) is 46.9 Å². The number of hydrogen-bond donors (Lipinski definition) is 3. The van der Waals surface area contributed by atoms with Gasteiger partial charge in [-0.1, -0.05) is 275 Å². The number of aliphatic hydroxyl groups is 2. The van der Waals surface area contributed by atoms with Gasteiger partial charge >= 0.3 is 5.97 Å². The maximum Gasteiger partial charge on any atom is 0.306 e. The first-order valence-electron chi connectivity index (χ1n) is 28.0. The molecular weight excluding hydrogens is 803 g/mol. The summed E-state index contributed by atoms with van der Waals surface area (Å²) in [6, 6.07) is -0.742. The molecule has 0 aliphatic heterocycles. The third kappa shape index (κ3) is 47.8. The zero-order valence-electron chi connectivity index (χ0n) is 43.1. The Hall–Kier alpha value is -2.44. The van der Waals surface area contributed by atoms with Crippen LogP contribution in [0.5, 0.6) is 0 Å². The Bertz CT molecular complexity index is 1160. The molecule has 65 heavy (non-hydrogen) atoms. The van der Waals surface area contributed by atoms with Crippen LogP contribution in [0.25, 0.3) is 0 Å². The van der Waals surface area contributed by atoms with Crippen LogP contribution >= 0.6 is 0 Å². The van der Waals surface area contributed by atoms with Crippen LogP contribution in [0.1, 0.15) is 278 Å². The minimum absolute atomic E-state index is 0.0440. The zero-order chi connectivity index (χ0) is 47.4. The monoisotopic (exact) mass is 910 g/mol. The van der Waals surface area contributed by atoms with Crippen LogP contribution < -0.4 is 5.32 Å². The lowest BCUT2D eigenvalue weighted by Crippen LogP contribution is -2.46. The Kier molecular flexibility index (Phi) is 50.6. The van der Waals surface area contributed by atoms with Gasteiger partial charge in [-0.3, -0.25) is 9.59 Å². The molecule has 0 aromatic carbocycles. The fraction of sp³-hybridized carbons (Fsp3) is 0.797. The van der Waals surface area contributed by atoms with Crippen molar-refractivity contribution in [2.45, 2.75) is 296 Å². The molecule has 0 heterocycles. The Labute approximate surface area is 403 Å². The van der Waals surface area contributed by atoms with Gasteiger partial charge in [0.05, 0.1) is 25.2 Å². The molecule has 0 saturated carbocycles. The molecule has 0 aromatic rings. The predicted octanol–water partition coefficient (Wildman–Crippen LogP) is 17.2. The van der Waals surface area contributed by atoms with E-state index >= 15 is 0 Å². The number of nitrogens with one attached hydrogen (secondary N) is 1. The van der Waals surface area contributed by atoms with Crippen LogP contribution in [0.4, 0.5) is 0 Å². The summed E-state index contributed by atoms with van der Waals surface area (Å²) in [5.41, 5.74) is 0. The molecule has 0 saturated heterocycles. The molecule has 3 unspecified atom stereocenters. The largest absolute Gasteiger partial charge is 0.458 e. The summed E-state index contributed by atoms with van der Waals surface area (Å²) >= 11 is 0. The molecule has 0 fully saturated rings. The summed E-state index contributed by atoms with van der Waals surface area (Å²) in [5.74, 6) is -0.618. The van der Waals surface area contributed by atoms with E-state index in [0.29, 0.717) is 19.3 Å². The van der Waals surface area contributed by atoms with Crippen molar-refractivity contribution >= 4 is 11.9 Å². The highest BCUT2D eigenvalue weighted by atomic mass is 16.5. The average Bonchev–Trinajstić information content (AvgIpc) is 3.30. The zero-order valence-corrected chi connectivity index (χ0v) is 43.1. The van der Waals surface area contributed by atoms with Gasteiger partial charge in [0, 0.05) is 6.42 Å². The summed E-state index contributed by atoms with van der Waals surface area (Å²) in [4.78, 5) is 26.2. The van der Waals surface area contributed by atoms with E-state index in [1.807, 2.05) is 12.2 Å². The van der Waals surface area contributed by atoms with Crippen molar-refractivity contribution in [3.63, 3.8) is 0 Å². The van der Waals surface area contributed by atoms with Crippen LogP contribution in [0.15, 0.2) is 60.8 Å². The summed E-state index contributed by atoms with van der Waals surface area (Å²) in [6.45, 7) is 6.36. The van der Waals surface area contributed by atoms with Gasteiger partial charge in [-0.2, -0.15) is 0 Å². The van der Waals surface area contributed by atoms with Gasteiger partial charge in [0.2, 0.25) is 5.91 Å². The van der Waals surface area contributed by atoms with Crippen LogP contribution in [-0.2, 0) is 14.3 Å². The van der Waals surface area contributed by atoms with E-state index < -0.39 is 18.2 Å². The van der Waals surface area contributed by atoms with Gasteiger partial charge in [0.1, 0.15) is 6.10 Å². The Balaban J connectivity index is 4.63. The molecule has 0 rings (SSSR count). The molecule has 1 amide bonds. The molecule has 3 N–H and O–H groups in total. The summed E-state index contributed by atoms with van der Waals surface area (Å²) in [5, 5.41) is 23.8. The average molecular weight is 911 g/mol. The van der Waals surface area contributed by atoms with Gasteiger partial charge in [-0.15, -0.1) is 0 Å². The normalized spacial score (nSPS) is 13.6. The molecule has 0 radical (unpaired) electrons. The van der Waals surface area contributed by atoms with Crippen molar-refractivity contribution in [3.8, 4) is 0 Å². The number of esters is 1. The van der Waals surface area contributed by atoms with Gasteiger partial charge in [0.25, 0.3) is 0 Å². The summed E-state index contributed by atoms with van der Waals surface area (Å²) < 4.78 is 5.84. The van der Waals surface area contributed by atoms with Crippen molar-refractivity contribution in [3.05, 3.63) is 60.8 Å². The highest BCUT2D eigenvalue weighted by Crippen LogP contribution is 2.17. The number of ether oxygens (including phenoxy) is 1. The van der Waals surface area contributed by atoms with Gasteiger partial charge in [-0.25, -0.2) is 0 Å². The maximum absolute atomic E-state index is 13.2. The van der Waals surface area contributed by atoms with Crippen molar-refractivity contribution in [1.82, 2.24) is 5.32 Å². The summed E-state index contributed by atoms with van der Waals surface area (Å²) in [7, 11) is 0.